The maximum atomic E-state index is 13.5. The summed E-state index contributed by atoms with van der Waals surface area (Å²) in [6.45, 7) is 4.65. The van der Waals surface area contributed by atoms with Crippen LogP contribution < -0.4 is 0 Å². The number of ketones is 2. The van der Waals surface area contributed by atoms with Gasteiger partial charge in [0.25, 0.3) is 0 Å². The Morgan fingerprint density at radius 1 is 0.850 bits per heavy atom. The summed E-state index contributed by atoms with van der Waals surface area (Å²) in [5.74, 6) is -0.388. The number of nitrogens with zero attached hydrogens (tertiary/aromatic N) is 2. The third kappa shape index (κ3) is 4.45. The molecule has 0 radical (unpaired) electrons. The lowest BCUT2D eigenvalue weighted by Crippen LogP contribution is -2.32. The molecular formula is C34H31BrN2O3. The molecule has 6 heteroatoms. The third-order valence-corrected chi connectivity index (χ3v) is 9.13. The maximum absolute atomic E-state index is 13.5. The first-order valence-electron chi connectivity index (χ1n) is 13.6. The quantitative estimate of drug-likeness (QED) is 0.230. The van der Waals surface area contributed by atoms with Gasteiger partial charge in [0, 0.05) is 29.4 Å². The molecule has 3 aromatic rings. The number of ether oxygens (including phenoxy) is 1. The summed E-state index contributed by atoms with van der Waals surface area (Å²) in [7, 11) is 1.44. The average molecular weight is 596 g/mol. The Kier molecular flexibility index (Phi) is 7.07. The van der Waals surface area contributed by atoms with Gasteiger partial charge in [-0.25, -0.2) is 0 Å². The van der Waals surface area contributed by atoms with Crippen LogP contribution in [-0.4, -0.2) is 47.1 Å². The van der Waals surface area contributed by atoms with E-state index in [-0.39, 0.29) is 46.0 Å². The molecule has 2 aliphatic heterocycles. The van der Waals surface area contributed by atoms with Crippen molar-refractivity contribution in [3.63, 3.8) is 0 Å². The summed E-state index contributed by atoms with van der Waals surface area (Å²) in [4.78, 5) is 31.5. The minimum Gasteiger partial charge on any atom is -0.492 e. The maximum Gasteiger partial charge on any atom is 0.229 e. The molecule has 0 amide bonds. The highest BCUT2D eigenvalue weighted by atomic mass is 79.9. The Morgan fingerprint density at radius 2 is 1.38 bits per heavy atom. The summed E-state index contributed by atoms with van der Waals surface area (Å²) in [5.41, 5.74) is 5.37. The summed E-state index contributed by atoms with van der Waals surface area (Å²) >= 11 is 3.46. The number of carbonyl (C=O) groups is 2. The van der Waals surface area contributed by atoms with Crippen LogP contribution in [0.25, 0.3) is 0 Å². The molecule has 0 bridgehead atoms. The SMILES string of the molecule is COC1=C(C)C(=O)C(Br)=C(/C=C2\[C@H]3[C@@H](CN2[C@@H](C)c2ccccc2)N3C(c2ccccc2)c2ccccc2)C1=O. The molecule has 0 spiro atoms. The number of allylic oxidation sites excluding steroid dienone is 4. The van der Waals surface area contributed by atoms with Crippen LogP contribution in [0.3, 0.4) is 0 Å². The average Bonchev–Trinajstić information content (AvgIpc) is 3.55. The lowest BCUT2D eigenvalue weighted by atomic mass is 9.94. The van der Waals surface area contributed by atoms with Crippen molar-refractivity contribution >= 4 is 27.5 Å². The lowest BCUT2D eigenvalue weighted by Gasteiger charge is -2.34. The van der Waals surface area contributed by atoms with Crippen LogP contribution >= 0.6 is 15.9 Å². The zero-order chi connectivity index (χ0) is 28.0. The molecule has 1 aliphatic carbocycles. The van der Waals surface area contributed by atoms with Crippen LogP contribution in [0.2, 0.25) is 0 Å². The van der Waals surface area contributed by atoms with Crippen molar-refractivity contribution in [3.05, 3.63) is 141 Å². The lowest BCUT2D eigenvalue weighted by molar-refractivity contribution is -0.118. The highest BCUT2D eigenvalue weighted by Crippen LogP contribution is 2.53. The van der Waals surface area contributed by atoms with Crippen molar-refractivity contribution < 1.29 is 14.3 Å². The molecule has 4 atom stereocenters. The van der Waals surface area contributed by atoms with Gasteiger partial charge in [-0.2, -0.15) is 0 Å². The first-order chi connectivity index (χ1) is 19.4. The summed E-state index contributed by atoms with van der Waals surface area (Å²) in [6, 6.07) is 32.1. The van der Waals surface area contributed by atoms with E-state index < -0.39 is 0 Å². The number of halogens is 1. The largest absolute Gasteiger partial charge is 0.492 e. The van der Waals surface area contributed by atoms with E-state index in [1.54, 1.807) is 6.92 Å². The van der Waals surface area contributed by atoms with Gasteiger partial charge in [-0.15, -0.1) is 0 Å². The van der Waals surface area contributed by atoms with Crippen LogP contribution in [0, 0.1) is 0 Å². The van der Waals surface area contributed by atoms with Crippen LogP contribution in [0.5, 0.6) is 0 Å². The minimum atomic E-state index is -0.274. The fraction of sp³-hybridized carbons (Fsp3) is 0.235. The number of fused-ring (bicyclic) bond motifs is 1. The zero-order valence-corrected chi connectivity index (χ0v) is 24.3. The second-order valence-electron chi connectivity index (χ2n) is 10.5. The van der Waals surface area contributed by atoms with Crippen LogP contribution in [0.4, 0.5) is 0 Å². The van der Waals surface area contributed by atoms with Gasteiger partial charge in [0.1, 0.15) is 0 Å². The van der Waals surface area contributed by atoms with Gasteiger partial charge in [0.15, 0.2) is 11.5 Å². The first kappa shape index (κ1) is 26.5. The van der Waals surface area contributed by atoms with Gasteiger partial charge >= 0.3 is 0 Å². The Hall–Kier alpha value is -3.74. The molecule has 5 nitrogen and oxygen atoms in total. The number of hydrogen-bond donors (Lipinski definition) is 0. The molecule has 2 heterocycles. The van der Waals surface area contributed by atoms with E-state index in [4.69, 9.17) is 4.74 Å². The monoisotopic (exact) mass is 594 g/mol. The second-order valence-corrected chi connectivity index (χ2v) is 11.3. The molecule has 6 rings (SSSR count). The van der Waals surface area contributed by atoms with Crippen LogP contribution in [0.1, 0.15) is 42.6 Å². The van der Waals surface area contributed by atoms with E-state index >= 15 is 0 Å². The molecular weight excluding hydrogens is 564 g/mol. The molecule has 3 aliphatic rings. The van der Waals surface area contributed by atoms with Crippen LogP contribution in [0.15, 0.2) is 124 Å². The van der Waals surface area contributed by atoms with Gasteiger partial charge in [-0.3, -0.25) is 14.5 Å². The van der Waals surface area contributed by atoms with Gasteiger partial charge in [-0.1, -0.05) is 91.0 Å². The number of carbonyl (C=O) groups excluding carboxylic acids is 2. The molecule has 40 heavy (non-hydrogen) atoms. The predicted octanol–water partition coefficient (Wildman–Crippen LogP) is 6.51. The molecule has 0 saturated carbocycles. The number of methoxy groups -OCH3 is 1. The smallest absolute Gasteiger partial charge is 0.229 e. The molecule has 1 unspecified atom stereocenters. The fourth-order valence-corrected chi connectivity index (χ4v) is 6.84. The van der Waals surface area contributed by atoms with Crippen molar-refractivity contribution in [2.75, 3.05) is 13.7 Å². The van der Waals surface area contributed by atoms with E-state index in [9.17, 15) is 9.59 Å². The van der Waals surface area contributed by atoms with Gasteiger partial charge in [0.05, 0.1) is 29.7 Å². The highest BCUT2D eigenvalue weighted by Gasteiger charge is 2.60. The van der Waals surface area contributed by atoms with Gasteiger partial charge < -0.3 is 9.64 Å². The zero-order valence-electron chi connectivity index (χ0n) is 22.8. The van der Waals surface area contributed by atoms with E-state index in [2.05, 4.69) is 105 Å². The van der Waals surface area contributed by atoms with Crippen molar-refractivity contribution in [3.8, 4) is 0 Å². The number of rotatable bonds is 7. The van der Waals surface area contributed by atoms with E-state index in [1.165, 1.54) is 23.8 Å². The Balaban J connectivity index is 1.44. The summed E-state index contributed by atoms with van der Waals surface area (Å²) < 4.78 is 5.67. The number of hydrogen-bond acceptors (Lipinski definition) is 5. The number of likely N-dealkylation sites (tertiary alicyclic amines) is 1. The number of benzene rings is 3. The van der Waals surface area contributed by atoms with Gasteiger partial charge in [0.2, 0.25) is 5.78 Å². The molecule has 202 valence electrons. The number of Topliss-reactive ketones (excluding diaryl/α,β-unsaturated/α-hetero) is 2. The molecule has 0 aromatic heterocycles. The van der Waals surface area contributed by atoms with Crippen molar-refractivity contribution in [1.29, 1.82) is 0 Å². The molecule has 0 N–H and O–H groups in total. The van der Waals surface area contributed by atoms with Gasteiger partial charge in [-0.05, 0) is 52.5 Å². The Labute approximate surface area is 243 Å². The minimum absolute atomic E-state index is 0.0766. The van der Waals surface area contributed by atoms with Crippen molar-refractivity contribution in [1.82, 2.24) is 9.80 Å². The highest BCUT2D eigenvalue weighted by molar-refractivity contribution is 9.12. The topological polar surface area (TPSA) is 49.6 Å². The second kappa shape index (κ2) is 10.7. The summed E-state index contributed by atoms with van der Waals surface area (Å²) in [5, 5.41) is 0. The van der Waals surface area contributed by atoms with E-state index in [0.717, 1.165) is 12.2 Å². The van der Waals surface area contributed by atoms with E-state index in [0.29, 0.717) is 11.1 Å². The normalized spacial score (nSPS) is 24.2. The number of piperazine rings is 1. The Bertz CT molecular complexity index is 1510. The predicted molar refractivity (Wildman–Crippen MR) is 159 cm³/mol. The van der Waals surface area contributed by atoms with Crippen LogP contribution in [-0.2, 0) is 14.3 Å². The van der Waals surface area contributed by atoms with Crippen molar-refractivity contribution in [2.45, 2.75) is 38.0 Å². The van der Waals surface area contributed by atoms with Crippen molar-refractivity contribution in [2.24, 2.45) is 0 Å². The fourth-order valence-electron chi connectivity index (χ4n) is 6.25. The molecule has 2 fully saturated rings. The third-order valence-electron chi connectivity index (χ3n) is 8.34. The standard InChI is InChI=1S/C34H31BrN2O3/c1-21-32(38)29(35)26(33(39)34(21)40-3)19-27-31-28(20-36(27)22(2)23-13-7-4-8-14-23)37(31)30(24-15-9-5-10-16-24)25-17-11-6-12-18-25/h4-19,22,28,30-31H,20H2,1-3H3/b27-19+/t22-,28+,31-,37?/m0/s1. The van der Waals surface area contributed by atoms with E-state index in [1.807, 2.05) is 24.3 Å². The first-order valence-corrected chi connectivity index (χ1v) is 14.4. The Morgan fingerprint density at radius 3 is 1.90 bits per heavy atom. The summed E-state index contributed by atoms with van der Waals surface area (Å²) in [6.07, 6.45) is 1.92. The molecule has 3 aromatic carbocycles. The molecule has 2 saturated heterocycles.